The van der Waals surface area contributed by atoms with E-state index in [2.05, 4.69) is 10.6 Å². The van der Waals surface area contributed by atoms with E-state index in [1.165, 1.54) is 22.7 Å². The first-order chi connectivity index (χ1) is 16.3. The molecular formula is C26H18Cl2N2O2S2. The second-order valence-corrected chi connectivity index (χ2v) is 10.8. The number of nitrogens with one attached hydrogen (secondary N) is 2. The molecule has 0 bridgehead atoms. The van der Waals surface area contributed by atoms with Gasteiger partial charge in [-0.15, -0.1) is 22.7 Å². The van der Waals surface area contributed by atoms with E-state index in [0.29, 0.717) is 31.2 Å². The molecule has 0 radical (unpaired) electrons. The highest BCUT2D eigenvalue weighted by molar-refractivity contribution is 7.22. The van der Waals surface area contributed by atoms with Crippen LogP contribution in [0.4, 0.5) is 11.4 Å². The van der Waals surface area contributed by atoms with E-state index in [9.17, 15) is 9.59 Å². The third-order valence-corrected chi connectivity index (χ3v) is 8.67. The van der Waals surface area contributed by atoms with Gasteiger partial charge in [0.25, 0.3) is 11.8 Å². The van der Waals surface area contributed by atoms with Gasteiger partial charge in [-0.3, -0.25) is 9.59 Å². The Hall–Kier alpha value is -2.90. The van der Waals surface area contributed by atoms with Crippen LogP contribution in [0.1, 0.15) is 30.5 Å². The van der Waals surface area contributed by atoms with Gasteiger partial charge in [-0.1, -0.05) is 53.5 Å². The lowest BCUT2D eigenvalue weighted by atomic mass is 10.2. The third kappa shape index (κ3) is 4.30. The minimum atomic E-state index is -0.296. The molecule has 0 aliphatic carbocycles. The zero-order valence-electron chi connectivity index (χ0n) is 18.2. The van der Waals surface area contributed by atoms with E-state index in [0.717, 1.165) is 31.3 Å². The number of fused-ring (bicyclic) bond motifs is 2. The fourth-order valence-corrected chi connectivity index (χ4v) is 6.71. The number of amides is 2. The van der Waals surface area contributed by atoms with E-state index < -0.39 is 0 Å². The van der Waals surface area contributed by atoms with Crippen LogP contribution < -0.4 is 10.6 Å². The van der Waals surface area contributed by atoms with Crippen LogP contribution in [0.5, 0.6) is 0 Å². The summed E-state index contributed by atoms with van der Waals surface area (Å²) >= 11 is 15.7. The Bertz CT molecular complexity index is 1490. The van der Waals surface area contributed by atoms with E-state index >= 15 is 0 Å². The van der Waals surface area contributed by atoms with E-state index in [1.54, 1.807) is 24.3 Å². The molecule has 0 saturated heterocycles. The van der Waals surface area contributed by atoms with Gasteiger partial charge in [-0.2, -0.15) is 0 Å². The van der Waals surface area contributed by atoms with E-state index in [1.807, 2.05) is 50.2 Å². The van der Waals surface area contributed by atoms with Gasteiger partial charge < -0.3 is 10.6 Å². The maximum atomic E-state index is 12.9. The van der Waals surface area contributed by atoms with Gasteiger partial charge in [0.05, 0.1) is 10.0 Å². The van der Waals surface area contributed by atoms with Crippen LogP contribution in [0, 0.1) is 13.8 Å². The second kappa shape index (κ2) is 9.04. The molecule has 0 aliphatic heterocycles. The van der Waals surface area contributed by atoms with Gasteiger partial charge in [-0.25, -0.2) is 0 Å². The minimum absolute atomic E-state index is 0.296. The number of rotatable bonds is 4. The molecule has 2 aromatic heterocycles. The number of carbonyl (C=O) groups excluding carboxylic acids is 2. The van der Waals surface area contributed by atoms with E-state index in [-0.39, 0.29) is 11.8 Å². The number of hydrogen-bond donors (Lipinski definition) is 2. The Morgan fingerprint density at radius 2 is 1.12 bits per heavy atom. The molecule has 34 heavy (non-hydrogen) atoms. The molecule has 5 aromatic rings. The van der Waals surface area contributed by atoms with Crippen molar-refractivity contribution in [3.63, 3.8) is 0 Å². The molecule has 5 rings (SSSR count). The van der Waals surface area contributed by atoms with Crippen molar-refractivity contribution in [1.82, 2.24) is 0 Å². The molecule has 0 atom stereocenters. The number of aryl methyl sites for hydroxylation is 2. The maximum Gasteiger partial charge on any atom is 0.267 e. The Labute approximate surface area is 214 Å². The molecule has 4 nitrogen and oxygen atoms in total. The fourth-order valence-electron chi connectivity index (χ4n) is 3.69. The summed E-state index contributed by atoms with van der Waals surface area (Å²) in [5.41, 5.74) is 3.31. The molecule has 8 heteroatoms. The zero-order valence-corrected chi connectivity index (χ0v) is 21.3. The molecule has 3 aromatic carbocycles. The predicted octanol–water partition coefficient (Wildman–Crippen LogP) is 8.54. The van der Waals surface area contributed by atoms with Crippen molar-refractivity contribution in [2.75, 3.05) is 10.6 Å². The maximum absolute atomic E-state index is 12.9. The molecule has 0 aliphatic rings. The van der Waals surface area contributed by atoms with Gasteiger partial charge >= 0.3 is 0 Å². The number of anilines is 2. The largest absolute Gasteiger partial charge is 0.321 e. The average molecular weight is 525 g/mol. The SMILES string of the molecule is Cc1ccc2c(Cl)c(C(=O)Nc3cccc(NC(=O)c4sc5cc(C)ccc5c4Cl)c3)sc2c1. The summed E-state index contributed by atoms with van der Waals surface area (Å²) in [6.45, 7) is 4.00. The van der Waals surface area contributed by atoms with Crippen molar-refractivity contribution in [3.8, 4) is 0 Å². The van der Waals surface area contributed by atoms with Crippen LogP contribution in [-0.2, 0) is 0 Å². The van der Waals surface area contributed by atoms with Crippen LogP contribution >= 0.6 is 45.9 Å². The lowest BCUT2D eigenvalue weighted by Gasteiger charge is -2.08. The van der Waals surface area contributed by atoms with Crippen molar-refractivity contribution in [2.45, 2.75) is 13.8 Å². The Balaban J connectivity index is 1.36. The summed E-state index contributed by atoms with van der Waals surface area (Å²) in [5, 5.41) is 8.36. The standard InChI is InChI=1S/C26H18Cl2N2O2S2/c1-13-6-8-17-19(10-13)33-23(21(17)27)25(31)29-15-4-3-5-16(12-15)30-26(32)24-22(28)18-9-7-14(2)11-20(18)34-24/h3-12H,1-2H3,(H,29,31)(H,30,32). The highest BCUT2D eigenvalue weighted by Gasteiger charge is 2.19. The molecular weight excluding hydrogens is 507 g/mol. The summed E-state index contributed by atoms with van der Waals surface area (Å²) in [6.07, 6.45) is 0. The number of hydrogen-bond acceptors (Lipinski definition) is 4. The summed E-state index contributed by atoms with van der Waals surface area (Å²) in [7, 11) is 0. The van der Waals surface area contributed by atoms with Crippen molar-refractivity contribution in [3.05, 3.63) is 91.6 Å². The molecule has 0 fully saturated rings. The fraction of sp³-hybridized carbons (Fsp3) is 0.0769. The van der Waals surface area contributed by atoms with Gasteiger partial charge in [0.2, 0.25) is 0 Å². The Kier molecular flexibility index (Phi) is 6.08. The summed E-state index contributed by atoms with van der Waals surface area (Å²) in [4.78, 5) is 26.8. The lowest BCUT2D eigenvalue weighted by molar-refractivity contribution is 0.102. The topological polar surface area (TPSA) is 58.2 Å². The Morgan fingerprint density at radius 1 is 0.676 bits per heavy atom. The quantitative estimate of drug-likeness (QED) is 0.247. The van der Waals surface area contributed by atoms with Gasteiger partial charge in [0.1, 0.15) is 9.75 Å². The molecule has 2 amide bonds. The minimum Gasteiger partial charge on any atom is -0.321 e. The summed E-state index contributed by atoms with van der Waals surface area (Å²) in [6, 6.07) is 18.8. The van der Waals surface area contributed by atoms with Crippen LogP contribution in [0.2, 0.25) is 10.0 Å². The number of thiophene rings is 2. The first kappa shape index (κ1) is 22.9. The molecule has 2 N–H and O–H groups in total. The molecule has 0 saturated carbocycles. The van der Waals surface area contributed by atoms with Crippen molar-refractivity contribution < 1.29 is 9.59 Å². The monoisotopic (exact) mass is 524 g/mol. The highest BCUT2D eigenvalue weighted by Crippen LogP contribution is 2.37. The highest BCUT2D eigenvalue weighted by atomic mass is 35.5. The smallest absolute Gasteiger partial charge is 0.267 e. The van der Waals surface area contributed by atoms with Crippen LogP contribution in [-0.4, -0.2) is 11.8 Å². The second-order valence-electron chi connectivity index (χ2n) is 7.98. The van der Waals surface area contributed by atoms with Gasteiger partial charge in [0, 0.05) is 31.5 Å². The first-order valence-corrected chi connectivity index (χ1v) is 12.8. The van der Waals surface area contributed by atoms with Crippen molar-refractivity contribution >= 4 is 89.2 Å². The average Bonchev–Trinajstić information content (AvgIpc) is 3.30. The summed E-state index contributed by atoms with van der Waals surface area (Å²) in [5.74, 6) is -0.592. The summed E-state index contributed by atoms with van der Waals surface area (Å²) < 4.78 is 1.93. The number of halogens is 2. The van der Waals surface area contributed by atoms with Crippen LogP contribution in [0.3, 0.4) is 0 Å². The first-order valence-electron chi connectivity index (χ1n) is 10.4. The third-order valence-electron chi connectivity index (χ3n) is 5.36. The van der Waals surface area contributed by atoms with Crippen molar-refractivity contribution in [2.24, 2.45) is 0 Å². The Morgan fingerprint density at radius 3 is 1.56 bits per heavy atom. The van der Waals surface area contributed by atoms with Gasteiger partial charge in [-0.05, 0) is 55.3 Å². The number of benzene rings is 3. The molecule has 170 valence electrons. The molecule has 0 spiro atoms. The van der Waals surface area contributed by atoms with Crippen LogP contribution in [0.15, 0.2) is 60.7 Å². The van der Waals surface area contributed by atoms with Crippen LogP contribution in [0.25, 0.3) is 20.2 Å². The predicted molar refractivity (Wildman–Crippen MR) is 145 cm³/mol. The lowest BCUT2D eigenvalue weighted by Crippen LogP contribution is -2.13. The normalized spacial score (nSPS) is 11.2. The molecule has 2 heterocycles. The molecule has 0 unspecified atom stereocenters. The van der Waals surface area contributed by atoms with Gasteiger partial charge in [0.15, 0.2) is 0 Å². The number of carbonyl (C=O) groups is 2. The van der Waals surface area contributed by atoms with E-state index in [4.69, 9.17) is 23.2 Å². The van der Waals surface area contributed by atoms with Crippen molar-refractivity contribution in [1.29, 1.82) is 0 Å². The zero-order chi connectivity index (χ0) is 24.0.